The van der Waals surface area contributed by atoms with Crippen LogP contribution in [0.3, 0.4) is 0 Å². The number of carbonyl (C=O) groups excluding carboxylic acids is 1. The van der Waals surface area contributed by atoms with Crippen molar-refractivity contribution < 1.29 is 13.9 Å². The molecule has 21 heavy (non-hydrogen) atoms. The second-order valence-electron chi connectivity index (χ2n) is 4.48. The van der Waals surface area contributed by atoms with Crippen LogP contribution >= 0.6 is 0 Å². The Hall–Kier alpha value is -2.40. The number of hydrogen-bond donors (Lipinski definition) is 2. The molecular formula is C16H17FN2O2. The quantitative estimate of drug-likeness (QED) is 0.829. The minimum absolute atomic E-state index is 0.272. The van der Waals surface area contributed by atoms with Crippen molar-refractivity contribution >= 4 is 17.3 Å². The van der Waals surface area contributed by atoms with Crippen molar-refractivity contribution in [1.82, 2.24) is 0 Å². The van der Waals surface area contributed by atoms with Crippen molar-refractivity contribution in [1.29, 1.82) is 0 Å². The van der Waals surface area contributed by atoms with Crippen LogP contribution < -0.4 is 11.1 Å². The molecule has 0 saturated heterocycles. The molecule has 0 saturated carbocycles. The highest BCUT2D eigenvalue weighted by Gasteiger charge is 2.06. The van der Waals surface area contributed by atoms with Gasteiger partial charge in [0.15, 0.2) is 0 Å². The number of nitrogens with two attached hydrogens (primary N) is 1. The highest BCUT2D eigenvalue weighted by molar-refractivity contribution is 5.89. The summed E-state index contributed by atoms with van der Waals surface area (Å²) in [5.74, 6) is -0.705. The molecule has 0 unspecified atom stereocenters. The SMILES string of the molecule is CCOC(=O)c1ccc(Nc2cc(F)cc(CN)c2)cc1. The third-order valence-electron chi connectivity index (χ3n) is 2.88. The Bertz CT molecular complexity index is 627. The monoisotopic (exact) mass is 288 g/mol. The highest BCUT2D eigenvalue weighted by Crippen LogP contribution is 2.20. The van der Waals surface area contributed by atoms with Crippen LogP contribution in [0, 0.1) is 5.82 Å². The lowest BCUT2D eigenvalue weighted by Crippen LogP contribution is -2.04. The minimum Gasteiger partial charge on any atom is -0.462 e. The third-order valence-corrected chi connectivity index (χ3v) is 2.88. The van der Waals surface area contributed by atoms with E-state index in [1.807, 2.05) is 0 Å². The number of hydrogen-bond acceptors (Lipinski definition) is 4. The van der Waals surface area contributed by atoms with Gasteiger partial charge in [0, 0.05) is 17.9 Å². The third kappa shape index (κ3) is 4.03. The lowest BCUT2D eigenvalue weighted by atomic mass is 10.1. The van der Waals surface area contributed by atoms with Crippen LogP contribution in [-0.2, 0) is 11.3 Å². The first-order valence-corrected chi connectivity index (χ1v) is 6.66. The van der Waals surface area contributed by atoms with E-state index in [2.05, 4.69) is 5.32 Å². The summed E-state index contributed by atoms with van der Waals surface area (Å²) in [4.78, 5) is 11.5. The fraction of sp³-hybridized carbons (Fsp3) is 0.188. The van der Waals surface area contributed by atoms with Crippen LogP contribution in [0.5, 0.6) is 0 Å². The van der Waals surface area contributed by atoms with Gasteiger partial charge in [0.2, 0.25) is 0 Å². The van der Waals surface area contributed by atoms with Gasteiger partial charge in [-0.15, -0.1) is 0 Å². The fourth-order valence-corrected chi connectivity index (χ4v) is 1.91. The zero-order valence-electron chi connectivity index (χ0n) is 11.7. The number of rotatable bonds is 5. The number of anilines is 2. The maximum absolute atomic E-state index is 13.4. The van der Waals surface area contributed by atoms with Gasteiger partial charge in [0.1, 0.15) is 5.82 Å². The Morgan fingerprint density at radius 3 is 2.52 bits per heavy atom. The van der Waals surface area contributed by atoms with Gasteiger partial charge in [0.25, 0.3) is 0 Å². The second-order valence-corrected chi connectivity index (χ2v) is 4.48. The van der Waals surface area contributed by atoms with E-state index in [-0.39, 0.29) is 18.3 Å². The van der Waals surface area contributed by atoms with E-state index in [0.717, 1.165) is 5.69 Å². The summed E-state index contributed by atoms with van der Waals surface area (Å²) in [6, 6.07) is 11.3. The first kappa shape index (κ1) is 15.0. The molecule has 0 amide bonds. The molecular weight excluding hydrogens is 271 g/mol. The number of ether oxygens (including phenoxy) is 1. The van der Waals surface area contributed by atoms with Crippen molar-refractivity contribution in [2.75, 3.05) is 11.9 Å². The summed E-state index contributed by atoms with van der Waals surface area (Å²) in [7, 11) is 0. The smallest absolute Gasteiger partial charge is 0.338 e. The van der Waals surface area contributed by atoms with Gasteiger partial charge in [-0.05, 0) is 55.0 Å². The van der Waals surface area contributed by atoms with Crippen LogP contribution in [-0.4, -0.2) is 12.6 Å². The van der Waals surface area contributed by atoms with Crippen LogP contribution in [0.4, 0.5) is 15.8 Å². The molecule has 0 aliphatic rings. The maximum Gasteiger partial charge on any atom is 0.338 e. The van der Waals surface area contributed by atoms with E-state index < -0.39 is 0 Å². The van der Waals surface area contributed by atoms with Crippen molar-refractivity contribution in [2.24, 2.45) is 5.73 Å². The summed E-state index contributed by atoms with van der Waals surface area (Å²) in [6.45, 7) is 2.37. The predicted octanol–water partition coefficient (Wildman–Crippen LogP) is 3.20. The molecule has 0 aliphatic heterocycles. The van der Waals surface area contributed by atoms with E-state index in [1.165, 1.54) is 12.1 Å². The summed E-state index contributed by atoms with van der Waals surface area (Å²) in [6.07, 6.45) is 0. The average molecular weight is 288 g/mol. The molecule has 0 radical (unpaired) electrons. The van der Waals surface area contributed by atoms with Gasteiger partial charge in [-0.1, -0.05) is 0 Å². The number of nitrogens with one attached hydrogen (secondary N) is 1. The molecule has 2 aromatic carbocycles. The molecule has 4 nitrogen and oxygen atoms in total. The number of benzene rings is 2. The lowest BCUT2D eigenvalue weighted by Gasteiger charge is -2.09. The van der Waals surface area contributed by atoms with Gasteiger partial charge in [-0.2, -0.15) is 0 Å². The first-order chi connectivity index (χ1) is 10.1. The van der Waals surface area contributed by atoms with Crippen LogP contribution in [0.15, 0.2) is 42.5 Å². The standard InChI is InChI=1S/C16H17FN2O2/c1-2-21-16(20)12-3-5-14(6-4-12)19-15-8-11(10-18)7-13(17)9-15/h3-9,19H,2,10,18H2,1H3. The summed E-state index contributed by atoms with van der Waals surface area (Å²) in [5.41, 5.74) is 8.06. The summed E-state index contributed by atoms with van der Waals surface area (Å²) < 4.78 is 18.3. The average Bonchev–Trinajstić information content (AvgIpc) is 2.47. The van der Waals surface area contributed by atoms with Crippen LogP contribution in [0.2, 0.25) is 0 Å². The topological polar surface area (TPSA) is 64.3 Å². The van der Waals surface area contributed by atoms with Gasteiger partial charge in [0.05, 0.1) is 12.2 Å². The molecule has 3 N–H and O–H groups in total. The normalized spacial score (nSPS) is 10.2. The zero-order valence-corrected chi connectivity index (χ0v) is 11.7. The fourth-order valence-electron chi connectivity index (χ4n) is 1.91. The number of esters is 1. The van der Waals surface area contributed by atoms with Gasteiger partial charge in [-0.25, -0.2) is 9.18 Å². The minimum atomic E-state index is -0.361. The molecule has 5 heteroatoms. The first-order valence-electron chi connectivity index (χ1n) is 6.66. The maximum atomic E-state index is 13.4. The highest BCUT2D eigenvalue weighted by atomic mass is 19.1. The Morgan fingerprint density at radius 2 is 1.90 bits per heavy atom. The molecule has 110 valence electrons. The van der Waals surface area contributed by atoms with Gasteiger partial charge >= 0.3 is 5.97 Å². The Labute approximate surface area is 122 Å². The lowest BCUT2D eigenvalue weighted by molar-refractivity contribution is 0.0526. The Balaban J connectivity index is 2.13. The van der Waals surface area contributed by atoms with E-state index >= 15 is 0 Å². The van der Waals surface area contributed by atoms with E-state index in [0.29, 0.717) is 23.4 Å². The molecule has 0 aromatic heterocycles. The molecule has 0 aliphatic carbocycles. The zero-order chi connectivity index (χ0) is 15.2. The molecule has 0 fully saturated rings. The van der Waals surface area contributed by atoms with Crippen molar-refractivity contribution in [3.63, 3.8) is 0 Å². The van der Waals surface area contributed by atoms with Gasteiger partial charge in [-0.3, -0.25) is 0 Å². The second kappa shape index (κ2) is 6.85. The molecule has 2 rings (SSSR count). The van der Waals surface area contributed by atoms with Crippen molar-refractivity contribution in [3.05, 3.63) is 59.4 Å². The van der Waals surface area contributed by atoms with E-state index in [1.54, 1.807) is 37.3 Å². The molecule has 0 heterocycles. The predicted molar refractivity (Wildman–Crippen MR) is 80.0 cm³/mol. The van der Waals surface area contributed by atoms with Crippen molar-refractivity contribution in [2.45, 2.75) is 13.5 Å². The van der Waals surface area contributed by atoms with E-state index in [4.69, 9.17) is 10.5 Å². The van der Waals surface area contributed by atoms with Crippen LogP contribution in [0.25, 0.3) is 0 Å². The largest absolute Gasteiger partial charge is 0.462 e. The molecule has 0 bridgehead atoms. The van der Waals surface area contributed by atoms with Gasteiger partial charge < -0.3 is 15.8 Å². The Kier molecular flexibility index (Phi) is 4.90. The van der Waals surface area contributed by atoms with E-state index in [9.17, 15) is 9.18 Å². The number of halogens is 1. The summed E-state index contributed by atoms with van der Waals surface area (Å²) in [5, 5.41) is 3.07. The van der Waals surface area contributed by atoms with Crippen LogP contribution in [0.1, 0.15) is 22.8 Å². The summed E-state index contributed by atoms with van der Waals surface area (Å²) >= 11 is 0. The Morgan fingerprint density at radius 1 is 1.19 bits per heavy atom. The van der Waals surface area contributed by atoms with Crippen molar-refractivity contribution in [3.8, 4) is 0 Å². The molecule has 2 aromatic rings. The molecule has 0 atom stereocenters. The number of carbonyl (C=O) groups is 1. The molecule has 0 spiro atoms.